The van der Waals surface area contributed by atoms with Gasteiger partial charge in [-0.05, 0) is 12.1 Å². The molecule has 0 spiro atoms. The molecule has 0 saturated carbocycles. The summed E-state index contributed by atoms with van der Waals surface area (Å²) in [5.74, 6) is 1.46. The molecule has 0 bridgehead atoms. The van der Waals surface area contributed by atoms with Gasteiger partial charge in [0.15, 0.2) is 11.6 Å². The highest BCUT2D eigenvalue weighted by molar-refractivity contribution is 5.33. The third-order valence-corrected chi connectivity index (χ3v) is 2.66. The molecule has 2 N–H and O–H groups in total. The fraction of sp³-hybridized carbons (Fsp3) is 0.385. The number of ether oxygens (including phenoxy) is 2. The van der Waals surface area contributed by atoms with Crippen LogP contribution >= 0.6 is 0 Å². The Morgan fingerprint density at radius 1 is 1.11 bits per heavy atom. The monoisotopic (exact) mass is 262 g/mol. The predicted molar refractivity (Wildman–Crippen MR) is 70.8 cm³/mol. The summed E-state index contributed by atoms with van der Waals surface area (Å²) in [5, 5.41) is 8.21. The maximum Gasteiger partial charge on any atom is 0.163 e. The fourth-order valence-corrected chi connectivity index (χ4v) is 1.76. The summed E-state index contributed by atoms with van der Waals surface area (Å²) in [4.78, 5) is 0. The minimum absolute atomic E-state index is 0.333. The summed E-state index contributed by atoms with van der Waals surface area (Å²) in [5.41, 5.74) is 6.68. The van der Waals surface area contributed by atoms with Gasteiger partial charge in [0.1, 0.15) is 6.61 Å². The Morgan fingerprint density at radius 2 is 1.84 bits per heavy atom. The summed E-state index contributed by atoms with van der Waals surface area (Å²) >= 11 is 0. The molecule has 102 valence electrons. The quantitative estimate of drug-likeness (QED) is 0.750. The number of methoxy groups -OCH3 is 1. The van der Waals surface area contributed by atoms with E-state index < -0.39 is 0 Å². The standard InChI is InChI=1S/C13H18N4O2/c1-18-7-8-19-10-13-16-15-12(9-14)17(13)11-5-3-2-4-6-11/h2-6H,7-10,14H2,1H3. The van der Waals surface area contributed by atoms with Crippen LogP contribution in [0.1, 0.15) is 11.6 Å². The summed E-state index contributed by atoms with van der Waals surface area (Å²) in [6.45, 7) is 1.80. The lowest BCUT2D eigenvalue weighted by atomic mass is 10.3. The van der Waals surface area contributed by atoms with E-state index in [1.165, 1.54) is 0 Å². The van der Waals surface area contributed by atoms with Crippen LogP contribution in [0.2, 0.25) is 0 Å². The van der Waals surface area contributed by atoms with Crippen molar-refractivity contribution < 1.29 is 9.47 Å². The Hall–Kier alpha value is -1.76. The molecule has 2 rings (SSSR count). The average Bonchev–Trinajstić information content (AvgIpc) is 2.87. The van der Waals surface area contributed by atoms with Crippen LogP contribution in [0.15, 0.2) is 30.3 Å². The molecule has 6 heteroatoms. The average molecular weight is 262 g/mol. The van der Waals surface area contributed by atoms with Gasteiger partial charge in [-0.2, -0.15) is 0 Å². The minimum Gasteiger partial charge on any atom is -0.382 e. The van der Waals surface area contributed by atoms with Crippen molar-refractivity contribution in [3.8, 4) is 5.69 Å². The lowest BCUT2D eigenvalue weighted by molar-refractivity contribution is 0.0579. The van der Waals surface area contributed by atoms with E-state index in [0.29, 0.717) is 26.4 Å². The van der Waals surface area contributed by atoms with Gasteiger partial charge >= 0.3 is 0 Å². The molecule has 0 aliphatic carbocycles. The van der Waals surface area contributed by atoms with Gasteiger partial charge in [-0.3, -0.25) is 4.57 Å². The van der Waals surface area contributed by atoms with E-state index in [9.17, 15) is 0 Å². The van der Waals surface area contributed by atoms with Gasteiger partial charge in [-0.25, -0.2) is 0 Å². The molecule has 0 amide bonds. The molecule has 6 nitrogen and oxygen atoms in total. The van der Waals surface area contributed by atoms with Crippen LogP contribution in [0.5, 0.6) is 0 Å². The zero-order chi connectivity index (χ0) is 13.5. The summed E-state index contributed by atoms with van der Waals surface area (Å²) in [7, 11) is 1.64. The van der Waals surface area contributed by atoms with Gasteiger partial charge in [0.25, 0.3) is 0 Å². The minimum atomic E-state index is 0.333. The first-order valence-electron chi connectivity index (χ1n) is 6.12. The lowest BCUT2D eigenvalue weighted by Crippen LogP contribution is -2.11. The number of para-hydroxylation sites is 1. The third-order valence-electron chi connectivity index (χ3n) is 2.66. The predicted octanol–water partition coefficient (Wildman–Crippen LogP) is 0.889. The second-order valence-corrected chi connectivity index (χ2v) is 3.95. The highest BCUT2D eigenvalue weighted by Crippen LogP contribution is 2.13. The Kier molecular flexibility index (Phi) is 5.02. The second-order valence-electron chi connectivity index (χ2n) is 3.95. The topological polar surface area (TPSA) is 75.2 Å². The first-order valence-corrected chi connectivity index (χ1v) is 6.12. The molecule has 0 radical (unpaired) electrons. The smallest absolute Gasteiger partial charge is 0.163 e. The molecule has 0 unspecified atom stereocenters. The first kappa shape index (κ1) is 13.7. The normalized spacial score (nSPS) is 10.8. The lowest BCUT2D eigenvalue weighted by Gasteiger charge is -2.09. The van der Waals surface area contributed by atoms with Gasteiger partial charge in [-0.15, -0.1) is 10.2 Å². The van der Waals surface area contributed by atoms with Crippen LogP contribution in [-0.4, -0.2) is 35.1 Å². The number of aromatic nitrogens is 3. The van der Waals surface area contributed by atoms with Crippen LogP contribution in [-0.2, 0) is 22.6 Å². The summed E-state index contributed by atoms with van der Waals surface area (Å²) in [6.07, 6.45) is 0. The maximum absolute atomic E-state index is 5.69. The number of nitrogens with two attached hydrogens (primary N) is 1. The van der Waals surface area contributed by atoms with Crippen LogP contribution < -0.4 is 5.73 Å². The highest BCUT2D eigenvalue weighted by atomic mass is 16.5. The van der Waals surface area contributed by atoms with E-state index in [4.69, 9.17) is 15.2 Å². The molecular formula is C13H18N4O2. The van der Waals surface area contributed by atoms with E-state index in [-0.39, 0.29) is 0 Å². The van der Waals surface area contributed by atoms with Crippen molar-refractivity contribution in [2.75, 3.05) is 20.3 Å². The Bertz CT molecular complexity index is 499. The molecule has 2 aromatic rings. The van der Waals surface area contributed by atoms with Crippen molar-refractivity contribution in [1.29, 1.82) is 0 Å². The molecule has 0 fully saturated rings. The van der Waals surface area contributed by atoms with Crippen molar-refractivity contribution in [1.82, 2.24) is 14.8 Å². The van der Waals surface area contributed by atoms with Gasteiger partial charge in [0, 0.05) is 12.8 Å². The third kappa shape index (κ3) is 3.37. The van der Waals surface area contributed by atoms with Gasteiger partial charge in [-0.1, -0.05) is 18.2 Å². The molecule has 0 aliphatic heterocycles. The number of nitrogens with zero attached hydrogens (tertiary/aromatic N) is 3. The molecule has 1 heterocycles. The van der Waals surface area contributed by atoms with E-state index in [1.807, 2.05) is 34.9 Å². The summed E-state index contributed by atoms with van der Waals surface area (Å²) < 4.78 is 12.3. The van der Waals surface area contributed by atoms with Gasteiger partial charge in [0.2, 0.25) is 0 Å². The molecule has 0 atom stereocenters. The second kappa shape index (κ2) is 6.98. The van der Waals surface area contributed by atoms with E-state index >= 15 is 0 Å². The first-order chi connectivity index (χ1) is 9.36. The Morgan fingerprint density at radius 3 is 2.53 bits per heavy atom. The molecular weight excluding hydrogens is 244 g/mol. The molecule has 1 aromatic carbocycles. The van der Waals surface area contributed by atoms with Gasteiger partial charge in [0.05, 0.1) is 19.8 Å². The van der Waals surface area contributed by atoms with Crippen molar-refractivity contribution in [3.05, 3.63) is 42.0 Å². The van der Waals surface area contributed by atoms with Crippen LogP contribution in [0.25, 0.3) is 5.69 Å². The fourth-order valence-electron chi connectivity index (χ4n) is 1.76. The van der Waals surface area contributed by atoms with Crippen molar-refractivity contribution in [3.63, 3.8) is 0 Å². The molecule has 1 aromatic heterocycles. The van der Waals surface area contributed by atoms with Crippen molar-refractivity contribution in [2.45, 2.75) is 13.2 Å². The summed E-state index contributed by atoms with van der Waals surface area (Å²) in [6, 6.07) is 9.86. The number of hydrogen-bond donors (Lipinski definition) is 1. The largest absolute Gasteiger partial charge is 0.382 e. The number of hydrogen-bond acceptors (Lipinski definition) is 5. The van der Waals surface area contributed by atoms with E-state index in [2.05, 4.69) is 10.2 Å². The molecule has 19 heavy (non-hydrogen) atoms. The highest BCUT2D eigenvalue weighted by Gasteiger charge is 2.12. The number of rotatable bonds is 7. The number of benzene rings is 1. The van der Waals surface area contributed by atoms with Crippen LogP contribution in [0.3, 0.4) is 0 Å². The van der Waals surface area contributed by atoms with E-state index in [0.717, 1.165) is 17.3 Å². The van der Waals surface area contributed by atoms with Crippen LogP contribution in [0.4, 0.5) is 0 Å². The zero-order valence-electron chi connectivity index (χ0n) is 11.0. The SMILES string of the molecule is COCCOCc1nnc(CN)n1-c1ccccc1. The Balaban J connectivity index is 2.18. The van der Waals surface area contributed by atoms with Crippen molar-refractivity contribution >= 4 is 0 Å². The molecule has 0 aliphatic rings. The molecule has 0 saturated heterocycles. The van der Waals surface area contributed by atoms with E-state index in [1.54, 1.807) is 7.11 Å². The van der Waals surface area contributed by atoms with Crippen LogP contribution in [0, 0.1) is 0 Å². The Labute approximate surface area is 112 Å². The van der Waals surface area contributed by atoms with Crippen molar-refractivity contribution in [2.24, 2.45) is 5.73 Å². The van der Waals surface area contributed by atoms with Gasteiger partial charge < -0.3 is 15.2 Å². The zero-order valence-corrected chi connectivity index (χ0v) is 11.0. The maximum atomic E-state index is 5.69.